The van der Waals surface area contributed by atoms with Crippen LogP contribution in [-0.4, -0.2) is 28.4 Å². The van der Waals surface area contributed by atoms with Crippen molar-refractivity contribution < 1.29 is 14.7 Å². The number of carbonyl (C=O) groups is 2. The second kappa shape index (κ2) is 5.76. The number of carbonyl (C=O) groups excluding carboxylic acids is 1. The van der Waals surface area contributed by atoms with E-state index in [1.54, 1.807) is 12.1 Å². The van der Waals surface area contributed by atoms with Gasteiger partial charge in [0.15, 0.2) is 0 Å². The Kier molecular flexibility index (Phi) is 4.30. The van der Waals surface area contributed by atoms with Crippen molar-refractivity contribution in [2.24, 2.45) is 0 Å². The molecule has 1 aliphatic heterocycles. The molecule has 5 heteroatoms. The predicted octanol–water partition coefficient (Wildman–Crippen LogP) is 3.22. The van der Waals surface area contributed by atoms with Crippen LogP contribution in [0.3, 0.4) is 0 Å². The number of carboxylic acid groups (broad SMARTS) is 1. The Labute approximate surface area is 115 Å². The number of halogens is 1. The quantitative estimate of drug-likeness (QED) is 0.684. The fourth-order valence-electron chi connectivity index (χ4n) is 2.13. The molecule has 3 nitrogen and oxygen atoms in total. The third-order valence-electron chi connectivity index (χ3n) is 3.12. The summed E-state index contributed by atoms with van der Waals surface area (Å²) in [6.07, 6.45) is 2.16. The SMILES string of the molecule is O=C(O)C(=O)c1ccc(C2CCSCC2)c(Cl)c1. The molecule has 1 N–H and O–H groups in total. The maximum Gasteiger partial charge on any atom is 0.377 e. The summed E-state index contributed by atoms with van der Waals surface area (Å²) in [5, 5.41) is 9.15. The lowest BCUT2D eigenvalue weighted by molar-refractivity contribution is -0.131. The molecule has 1 fully saturated rings. The molecule has 96 valence electrons. The smallest absolute Gasteiger partial charge is 0.377 e. The molecule has 1 saturated heterocycles. The first-order valence-corrected chi connectivity index (χ1v) is 7.27. The summed E-state index contributed by atoms with van der Waals surface area (Å²) in [6.45, 7) is 0. The number of benzene rings is 1. The van der Waals surface area contributed by atoms with Crippen LogP contribution >= 0.6 is 23.4 Å². The second-order valence-corrected chi connectivity index (χ2v) is 5.89. The highest BCUT2D eigenvalue weighted by Crippen LogP contribution is 2.35. The molecule has 0 saturated carbocycles. The van der Waals surface area contributed by atoms with Crippen molar-refractivity contribution in [3.8, 4) is 0 Å². The number of rotatable bonds is 3. The normalized spacial score (nSPS) is 16.5. The molecule has 1 heterocycles. The van der Waals surface area contributed by atoms with Gasteiger partial charge in [-0.2, -0.15) is 11.8 Å². The van der Waals surface area contributed by atoms with E-state index in [9.17, 15) is 9.59 Å². The van der Waals surface area contributed by atoms with Gasteiger partial charge >= 0.3 is 5.97 Å². The summed E-state index contributed by atoms with van der Waals surface area (Å²) in [5.41, 5.74) is 1.17. The summed E-state index contributed by atoms with van der Waals surface area (Å²) in [6, 6.07) is 4.81. The van der Waals surface area contributed by atoms with Crippen molar-refractivity contribution in [2.45, 2.75) is 18.8 Å². The fraction of sp³-hybridized carbons (Fsp3) is 0.385. The lowest BCUT2D eigenvalue weighted by atomic mass is 9.92. The molecule has 18 heavy (non-hydrogen) atoms. The lowest BCUT2D eigenvalue weighted by Gasteiger charge is -2.22. The highest BCUT2D eigenvalue weighted by Gasteiger charge is 2.21. The third kappa shape index (κ3) is 2.87. The van der Waals surface area contributed by atoms with Crippen LogP contribution in [0.4, 0.5) is 0 Å². The van der Waals surface area contributed by atoms with Gasteiger partial charge in [0.05, 0.1) is 0 Å². The minimum atomic E-state index is -1.45. The van der Waals surface area contributed by atoms with E-state index in [0.717, 1.165) is 29.9 Å². The van der Waals surface area contributed by atoms with Gasteiger partial charge in [-0.3, -0.25) is 4.79 Å². The highest BCUT2D eigenvalue weighted by molar-refractivity contribution is 7.99. The van der Waals surface area contributed by atoms with Crippen molar-refractivity contribution in [2.75, 3.05) is 11.5 Å². The van der Waals surface area contributed by atoms with E-state index in [4.69, 9.17) is 16.7 Å². The molecule has 0 aromatic heterocycles. The van der Waals surface area contributed by atoms with Gasteiger partial charge in [-0.25, -0.2) is 4.79 Å². The van der Waals surface area contributed by atoms with E-state index in [2.05, 4.69) is 0 Å². The minimum Gasteiger partial charge on any atom is -0.475 e. The molecule has 0 aliphatic carbocycles. The highest BCUT2D eigenvalue weighted by atomic mass is 35.5. The standard InChI is InChI=1S/C13H13ClO3S/c14-11-7-9(12(15)13(16)17)1-2-10(11)8-3-5-18-6-4-8/h1-2,7-8H,3-6H2,(H,16,17). The van der Waals surface area contributed by atoms with Gasteiger partial charge in [0.2, 0.25) is 0 Å². The van der Waals surface area contributed by atoms with Gasteiger partial charge < -0.3 is 5.11 Å². The molecular weight excluding hydrogens is 272 g/mol. The Morgan fingerprint density at radius 2 is 1.94 bits per heavy atom. The van der Waals surface area contributed by atoms with Crippen LogP contribution in [-0.2, 0) is 4.79 Å². The zero-order chi connectivity index (χ0) is 13.1. The molecule has 0 atom stereocenters. The molecule has 0 radical (unpaired) electrons. The molecule has 0 spiro atoms. The Morgan fingerprint density at radius 1 is 1.28 bits per heavy atom. The van der Waals surface area contributed by atoms with Gasteiger partial charge in [0.1, 0.15) is 0 Å². The van der Waals surface area contributed by atoms with Gasteiger partial charge in [-0.15, -0.1) is 0 Å². The van der Waals surface area contributed by atoms with Crippen molar-refractivity contribution in [1.29, 1.82) is 0 Å². The number of hydrogen-bond acceptors (Lipinski definition) is 3. The Hall–Kier alpha value is -1.000. The van der Waals surface area contributed by atoms with E-state index in [1.165, 1.54) is 6.07 Å². The van der Waals surface area contributed by atoms with Crippen LogP contribution in [0.25, 0.3) is 0 Å². The van der Waals surface area contributed by atoms with Crippen LogP contribution in [0.2, 0.25) is 5.02 Å². The van der Waals surface area contributed by atoms with Crippen molar-refractivity contribution in [3.63, 3.8) is 0 Å². The summed E-state index contributed by atoms with van der Waals surface area (Å²) in [4.78, 5) is 21.9. The van der Waals surface area contributed by atoms with Crippen molar-refractivity contribution >= 4 is 35.1 Å². The van der Waals surface area contributed by atoms with Gasteiger partial charge in [-0.1, -0.05) is 23.7 Å². The number of Topliss-reactive ketones (excluding diaryl/α,β-unsaturated/α-hetero) is 1. The summed E-state index contributed by atoms with van der Waals surface area (Å²) < 4.78 is 0. The minimum absolute atomic E-state index is 0.140. The summed E-state index contributed by atoms with van der Waals surface area (Å²) in [5.74, 6) is 0.302. The van der Waals surface area contributed by atoms with Gasteiger partial charge in [0, 0.05) is 10.6 Å². The van der Waals surface area contributed by atoms with E-state index in [-0.39, 0.29) is 5.56 Å². The van der Waals surface area contributed by atoms with Crippen LogP contribution in [0, 0.1) is 0 Å². The number of carboxylic acids is 1. The van der Waals surface area contributed by atoms with E-state index < -0.39 is 11.8 Å². The Morgan fingerprint density at radius 3 is 2.50 bits per heavy atom. The Bertz CT molecular complexity index is 481. The molecule has 0 unspecified atom stereocenters. The van der Waals surface area contributed by atoms with Gasteiger partial charge in [0.25, 0.3) is 5.78 Å². The van der Waals surface area contributed by atoms with Gasteiger partial charge in [-0.05, 0) is 41.9 Å². The van der Waals surface area contributed by atoms with E-state index in [0.29, 0.717) is 10.9 Å². The third-order valence-corrected chi connectivity index (χ3v) is 4.49. The second-order valence-electron chi connectivity index (χ2n) is 4.26. The average Bonchev–Trinajstić information content (AvgIpc) is 2.38. The first-order chi connectivity index (χ1) is 8.59. The maximum absolute atomic E-state index is 11.3. The zero-order valence-corrected chi connectivity index (χ0v) is 11.3. The molecule has 1 aliphatic rings. The largest absolute Gasteiger partial charge is 0.475 e. The monoisotopic (exact) mass is 284 g/mol. The zero-order valence-electron chi connectivity index (χ0n) is 9.69. The molecule has 1 aromatic rings. The summed E-state index contributed by atoms with van der Waals surface area (Å²) in [7, 11) is 0. The number of aliphatic carboxylic acids is 1. The van der Waals surface area contributed by atoms with Crippen LogP contribution in [0.5, 0.6) is 0 Å². The summed E-state index contributed by atoms with van der Waals surface area (Å²) >= 11 is 8.10. The van der Waals surface area contributed by atoms with Crippen molar-refractivity contribution in [1.82, 2.24) is 0 Å². The van der Waals surface area contributed by atoms with Crippen molar-refractivity contribution in [3.05, 3.63) is 34.3 Å². The topological polar surface area (TPSA) is 54.4 Å². The first kappa shape index (κ1) is 13.4. The van der Waals surface area contributed by atoms with E-state index >= 15 is 0 Å². The molecule has 0 amide bonds. The Balaban J connectivity index is 2.24. The lowest BCUT2D eigenvalue weighted by Crippen LogP contribution is -2.13. The first-order valence-electron chi connectivity index (χ1n) is 5.74. The fourth-order valence-corrected chi connectivity index (χ4v) is 3.57. The number of thioether (sulfide) groups is 1. The molecular formula is C13H13ClO3S. The maximum atomic E-state index is 11.3. The van der Waals surface area contributed by atoms with Crippen LogP contribution in [0.1, 0.15) is 34.7 Å². The molecule has 0 bridgehead atoms. The average molecular weight is 285 g/mol. The van der Waals surface area contributed by atoms with E-state index in [1.807, 2.05) is 11.8 Å². The number of ketones is 1. The van der Waals surface area contributed by atoms with Crippen LogP contribution < -0.4 is 0 Å². The predicted molar refractivity (Wildman–Crippen MR) is 72.7 cm³/mol. The van der Waals surface area contributed by atoms with Crippen LogP contribution in [0.15, 0.2) is 18.2 Å². The number of hydrogen-bond donors (Lipinski definition) is 1. The molecule has 2 rings (SSSR count). The molecule has 1 aromatic carbocycles.